The minimum absolute atomic E-state index is 0.196. The fourth-order valence-electron chi connectivity index (χ4n) is 2.48. The summed E-state index contributed by atoms with van der Waals surface area (Å²) in [5, 5.41) is 8.34. The fourth-order valence-corrected chi connectivity index (χ4v) is 3.07. The van der Waals surface area contributed by atoms with Crippen molar-refractivity contribution in [1.29, 1.82) is 0 Å². The third kappa shape index (κ3) is 5.84. The first kappa shape index (κ1) is 19.9. The maximum absolute atomic E-state index is 12.5. The summed E-state index contributed by atoms with van der Waals surface area (Å²) in [7, 11) is 1.57. The number of nitrogens with zero attached hydrogens (tertiary/aromatic N) is 1. The number of aromatic nitrogens is 1. The largest absolute Gasteiger partial charge is 0.487 e. The van der Waals surface area contributed by atoms with E-state index in [-0.39, 0.29) is 17.7 Å². The Morgan fingerprint density at radius 2 is 2.08 bits per heavy atom. The Bertz CT molecular complexity index is 758. The monoisotopic (exact) mass is 375 g/mol. The number of hydrogen-bond donors (Lipinski definition) is 2. The fraction of sp³-hybridized carbons (Fsp3) is 0.421. The first-order valence-electron chi connectivity index (χ1n) is 8.55. The number of hydrogen-bond acceptors (Lipinski definition) is 5. The van der Waals surface area contributed by atoms with Gasteiger partial charge in [0.2, 0.25) is 5.91 Å². The van der Waals surface area contributed by atoms with Crippen LogP contribution in [0, 0.1) is 12.8 Å². The maximum atomic E-state index is 12.5. The first-order chi connectivity index (χ1) is 12.4. The molecule has 6 nitrogen and oxygen atoms in total. The van der Waals surface area contributed by atoms with Gasteiger partial charge in [-0.25, -0.2) is 4.98 Å². The number of likely N-dealkylation sites (N-methyl/N-ethyl adjacent to an activating group) is 1. The standard InChI is InChI=1S/C19H25N3O3S/c1-12(2)8-17(19(24)20-4)22-18(23)14-6-5-7-16(9-14)25-10-15-11-26-13(3)21-15/h5-7,9,11-12,17H,8,10H2,1-4H3,(H,20,24)(H,22,23). The highest BCUT2D eigenvalue weighted by atomic mass is 32.1. The molecule has 0 saturated heterocycles. The molecule has 2 rings (SSSR count). The van der Waals surface area contributed by atoms with E-state index in [4.69, 9.17) is 4.74 Å². The van der Waals surface area contributed by atoms with Gasteiger partial charge in [0.05, 0.1) is 10.7 Å². The molecule has 2 amide bonds. The van der Waals surface area contributed by atoms with Crippen LogP contribution >= 0.6 is 11.3 Å². The number of aryl methyl sites for hydroxylation is 1. The molecule has 0 aliphatic carbocycles. The van der Waals surface area contributed by atoms with Crippen LogP contribution < -0.4 is 15.4 Å². The molecule has 0 spiro atoms. The van der Waals surface area contributed by atoms with E-state index in [1.54, 1.807) is 42.6 Å². The summed E-state index contributed by atoms with van der Waals surface area (Å²) in [6.45, 7) is 6.32. The van der Waals surface area contributed by atoms with E-state index >= 15 is 0 Å². The molecule has 0 fully saturated rings. The average molecular weight is 375 g/mol. The second-order valence-electron chi connectivity index (χ2n) is 6.44. The van der Waals surface area contributed by atoms with Crippen LogP contribution in [-0.2, 0) is 11.4 Å². The van der Waals surface area contributed by atoms with Gasteiger partial charge in [0.25, 0.3) is 5.91 Å². The number of carbonyl (C=O) groups is 2. The Morgan fingerprint density at radius 3 is 2.69 bits per heavy atom. The van der Waals surface area contributed by atoms with Crippen molar-refractivity contribution in [3.8, 4) is 5.75 Å². The molecule has 1 atom stereocenters. The predicted molar refractivity (Wildman–Crippen MR) is 102 cm³/mol. The molecule has 1 aromatic carbocycles. The van der Waals surface area contributed by atoms with Crippen LogP contribution in [0.3, 0.4) is 0 Å². The first-order valence-corrected chi connectivity index (χ1v) is 9.43. The van der Waals surface area contributed by atoms with Crippen molar-refractivity contribution < 1.29 is 14.3 Å². The van der Waals surface area contributed by atoms with Crippen LogP contribution in [-0.4, -0.2) is 29.9 Å². The third-order valence-electron chi connectivity index (χ3n) is 3.72. The zero-order valence-electron chi connectivity index (χ0n) is 15.5. The molecular weight excluding hydrogens is 350 g/mol. The summed E-state index contributed by atoms with van der Waals surface area (Å²) < 4.78 is 5.72. The van der Waals surface area contributed by atoms with Gasteiger partial charge in [-0.1, -0.05) is 19.9 Å². The van der Waals surface area contributed by atoms with Gasteiger partial charge in [0.15, 0.2) is 0 Å². The summed E-state index contributed by atoms with van der Waals surface area (Å²) in [5.74, 6) is 0.380. The maximum Gasteiger partial charge on any atom is 0.252 e. The minimum Gasteiger partial charge on any atom is -0.487 e. The van der Waals surface area contributed by atoms with Gasteiger partial charge in [-0.2, -0.15) is 0 Å². The smallest absolute Gasteiger partial charge is 0.252 e. The lowest BCUT2D eigenvalue weighted by molar-refractivity contribution is -0.122. The van der Waals surface area contributed by atoms with Gasteiger partial charge < -0.3 is 15.4 Å². The van der Waals surface area contributed by atoms with Crippen molar-refractivity contribution >= 4 is 23.2 Å². The number of ether oxygens (including phenoxy) is 1. The highest BCUT2D eigenvalue weighted by molar-refractivity contribution is 7.09. The second kappa shape index (κ2) is 9.33. The van der Waals surface area contributed by atoms with Gasteiger partial charge in [-0.05, 0) is 37.5 Å². The lowest BCUT2D eigenvalue weighted by Gasteiger charge is -2.19. The topological polar surface area (TPSA) is 80.3 Å². The van der Waals surface area contributed by atoms with Gasteiger partial charge in [0, 0.05) is 18.0 Å². The van der Waals surface area contributed by atoms with Crippen LogP contribution in [0.25, 0.3) is 0 Å². The molecule has 0 aliphatic heterocycles. The summed E-state index contributed by atoms with van der Waals surface area (Å²) >= 11 is 1.57. The zero-order valence-corrected chi connectivity index (χ0v) is 16.4. The summed E-state index contributed by atoms with van der Waals surface area (Å²) in [6.07, 6.45) is 0.574. The van der Waals surface area contributed by atoms with Crippen LogP contribution in [0.5, 0.6) is 5.75 Å². The van der Waals surface area contributed by atoms with E-state index in [1.807, 2.05) is 26.2 Å². The number of carbonyl (C=O) groups excluding carboxylic acids is 2. The van der Waals surface area contributed by atoms with Gasteiger partial charge in [-0.15, -0.1) is 11.3 Å². The number of amides is 2. The van der Waals surface area contributed by atoms with Crippen LogP contribution in [0.1, 0.15) is 41.3 Å². The molecule has 1 unspecified atom stereocenters. The Hall–Kier alpha value is -2.41. The van der Waals surface area contributed by atoms with E-state index in [9.17, 15) is 9.59 Å². The van der Waals surface area contributed by atoms with Crippen LogP contribution in [0.2, 0.25) is 0 Å². The summed E-state index contributed by atoms with van der Waals surface area (Å²) in [5.41, 5.74) is 1.31. The lowest BCUT2D eigenvalue weighted by Crippen LogP contribution is -2.46. The van der Waals surface area contributed by atoms with E-state index in [1.165, 1.54) is 0 Å². The van der Waals surface area contributed by atoms with Crippen LogP contribution in [0.4, 0.5) is 0 Å². The molecule has 0 radical (unpaired) electrons. The van der Waals surface area contributed by atoms with E-state index in [0.29, 0.717) is 24.3 Å². The molecule has 2 N–H and O–H groups in total. The molecule has 140 valence electrons. The molecule has 0 aliphatic rings. The predicted octanol–water partition coefficient (Wildman–Crippen LogP) is 2.92. The third-order valence-corrected chi connectivity index (χ3v) is 4.55. The summed E-state index contributed by atoms with van der Waals surface area (Å²) in [6, 6.07) is 6.36. The molecule has 0 bridgehead atoms. The zero-order chi connectivity index (χ0) is 19.1. The Morgan fingerprint density at radius 1 is 1.31 bits per heavy atom. The van der Waals surface area contributed by atoms with Crippen molar-refractivity contribution in [1.82, 2.24) is 15.6 Å². The average Bonchev–Trinajstić information content (AvgIpc) is 3.04. The van der Waals surface area contributed by atoms with Crippen LogP contribution in [0.15, 0.2) is 29.6 Å². The molecule has 2 aromatic rings. The van der Waals surface area contributed by atoms with E-state index < -0.39 is 6.04 Å². The number of nitrogens with one attached hydrogen (secondary N) is 2. The molecule has 7 heteroatoms. The highest BCUT2D eigenvalue weighted by Gasteiger charge is 2.21. The summed E-state index contributed by atoms with van der Waals surface area (Å²) in [4.78, 5) is 28.9. The molecule has 1 heterocycles. The van der Waals surface area contributed by atoms with Gasteiger partial charge in [0.1, 0.15) is 18.4 Å². The number of thiazole rings is 1. The molecular formula is C19H25N3O3S. The quantitative estimate of drug-likeness (QED) is 0.743. The second-order valence-corrected chi connectivity index (χ2v) is 7.51. The van der Waals surface area contributed by atoms with Crippen molar-refractivity contribution in [2.75, 3.05) is 7.05 Å². The Labute approximate surface area is 158 Å². The Balaban J connectivity index is 2.02. The van der Waals surface area contributed by atoms with Crippen molar-refractivity contribution in [2.45, 2.75) is 39.8 Å². The molecule has 1 aromatic heterocycles. The minimum atomic E-state index is -0.560. The number of rotatable bonds is 8. The Kier molecular flexibility index (Phi) is 7.15. The van der Waals surface area contributed by atoms with Crippen molar-refractivity contribution in [3.63, 3.8) is 0 Å². The lowest BCUT2D eigenvalue weighted by atomic mass is 10.0. The normalized spacial score (nSPS) is 11.9. The van der Waals surface area contributed by atoms with E-state index in [0.717, 1.165) is 10.7 Å². The molecule has 26 heavy (non-hydrogen) atoms. The number of benzene rings is 1. The highest BCUT2D eigenvalue weighted by Crippen LogP contribution is 2.17. The van der Waals surface area contributed by atoms with E-state index in [2.05, 4.69) is 15.6 Å². The molecule has 0 saturated carbocycles. The SMILES string of the molecule is CNC(=O)C(CC(C)C)NC(=O)c1cccc(OCc2csc(C)n2)c1. The van der Waals surface area contributed by atoms with Gasteiger partial charge >= 0.3 is 0 Å². The van der Waals surface area contributed by atoms with Crippen molar-refractivity contribution in [2.24, 2.45) is 5.92 Å². The van der Waals surface area contributed by atoms with Crippen molar-refractivity contribution in [3.05, 3.63) is 45.9 Å². The van der Waals surface area contributed by atoms with Gasteiger partial charge in [-0.3, -0.25) is 9.59 Å².